The SMILES string of the molecule is CC1(C)CC(=O)C2=C(C1)Nc1ccccc1N(C(=O)c1ccc(Br)cc1)[C@@H]2c1cccc([N+](=O)[O-])c1. The summed E-state index contributed by atoms with van der Waals surface area (Å²) >= 11 is 3.41. The summed E-state index contributed by atoms with van der Waals surface area (Å²) in [6.45, 7) is 4.08. The van der Waals surface area contributed by atoms with Crippen molar-refractivity contribution in [3.05, 3.63) is 110 Å². The standard InChI is InChI=1S/C28H24BrN3O4/c1-28(2)15-22-25(24(33)16-28)26(18-6-5-7-20(14-18)32(35)36)31(23-9-4-3-8-21(23)30-22)27(34)17-10-12-19(29)13-11-17/h3-14,26,30H,15-16H2,1-2H3/t26-/m1/s1. The number of allylic oxidation sites excluding steroid dienone is 1. The second-order valence-corrected chi connectivity index (χ2v) is 10.8. The van der Waals surface area contributed by atoms with Gasteiger partial charge in [-0.05, 0) is 53.8 Å². The molecule has 1 aliphatic heterocycles. The maximum atomic E-state index is 14.2. The molecule has 36 heavy (non-hydrogen) atoms. The maximum absolute atomic E-state index is 14.2. The second kappa shape index (κ2) is 9.02. The molecule has 0 radical (unpaired) electrons. The lowest BCUT2D eigenvalue weighted by Crippen LogP contribution is -2.39. The van der Waals surface area contributed by atoms with E-state index in [0.717, 1.165) is 10.2 Å². The molecular formula is C28H24BrN3O4. The Morgan fingerprint density at radius 3 is 2.50 bits per heavy atom. The fourth-order valence-electron chi connectivity index (χ4n) is 5.07. The van der Waals surface area contributed by atoms with Gasteiger partial charge < -0.3 is 5.32 Å². The number of hydrogen-bond acceptors (Lipinski definition) is 5. The largest absolute Gasteiger partial charge is 0.357 e. The van der Waals surface area contributed by atoms with Crippen LogP contribution in [0.5, 0.6) is 0 Å². The van der Waals surface area contributed by atoms with E-state index in [1.165, 1.54) is 12.1 Å². The molecule has 1 amide bonds. The van der Waals surface area contributed by atoms with Crippen LogP contribution in [0.1, 0.15) is 48.7 Å². The second-order valence-electron chi connectivity index (χ2n) is 9.91. The van der Waals surface area contributed by atoms with Crippen molar-refractivity contribution in [2.45, 2.75) is 32.7 Å². The van der Waals surface area contributed by atoms with Gasteiger partial charge in [0.2, 0.25) is 0 Å². The van der Waals surface area contributed by atoms with Crippen LogP contribution in [0, 0.1) is 15.5 Å². The van der Waals surface area contributed by atoms with E-state index in [-0.39, 0.29) is 22.8 Å². The van der Waals surface area contributed by atoms with Gasteiger partial charge in [0, 0.05) is 39.9 Å². The number of nitro groups is 1. The van der Waals surface area contributed by atoms with E-state index in [4.69, 9.17) is 0 Å². The number of amides is 1. The number of carbonyl (C=O) groups is 2. The number of anilines is 2. The first-order chi connectivity index (χ1) is 17.1. The number of Topliss-reactive ketones (excluding diaryl/α,β-unsaturated/α-hetero) is 1. The van der Waals surface area contributed by atoms with Crippen LogP contribution in [-0.4, -0.2) is 16.6 Å². The number of para-hydroxylation sites is 2. The zero-order chi connectivity index (χ0) is 25.6. The molecular weight excluding hydrogens is 522 g/mol. The van der Waals surface area contributed by atoms with Crippen molar-refractivity contribution < 1.29 is 14.5 Å². The smallest absolute Gasteiger partial charge is 0.269 e. The summed E-state index contributed by atoms with van der Waals surface area (Å²) in [7, 11) is 0. The number of hydrogen-bond donors (Lipinski definition) is 1. The van der Waals surface area contributed by atoms with E-state index in [1.54, 1.807) is 41.3 Å². The number of halogens is 1. The van der Waals surface area contributed by atoms with E-state index in [9.17, 15) is 19.7 Å². The van der Waals surface area contributed by atoms with Crippen molar-refractivity contribution in [3.63, 3.8) is 0 Å². The van der Waals surface area contributed by atoms with E-state index < -0.39 is 11.0 Å². The fraction of sp³-hybridized carbons (Fsp3) is 0.214. The number of nitrogens with zero attached hydrogens (tertiary/aromatic N) is 2. The summed E-state index contributed by atoms with van der Waals surface area (Å²) in [5.41, 5.74) is 3.10. The van der Waals surface area contributed by atoms with Gasteiger partial charge in [-0.15, -0.1) is 0 Å². The predicted molar refractivity (Wildman–Crippen MR) is 142 cm³/mol. The molecule has 1 atom stereocenters. The Balaban J connectivity index is 1.80. The van der Waals surface area contributed by atoms with Crippen LogP contribution in [0.25, 0.3) is 0 Å². The van der Waals surface area contributed by atoms with E-state index in [1.807, 2.05) is 38.1 Å². The lowest BCUT2D eigenvalue weighted by Gasteiger charge is -2.37. The van der Waals surface area contributed by atoms with Gasteiger partial charge in [0.15, 0.2) is 5.78 Å². The molecule has 0 saturated heterocycles. The van der Waals surface area contributed by atoms with Gasteiger partial charge in [0.25, 0.3) is 11.6 Å². The fourth-order valence-corrected chi connectivity index (χ4v) is 5.33. The average Bonchev–Trinajstić information content (AvgIpc) is 2.97. The zero-order valence-electron chi connectivity index (χ0n) is 19.8. The Kier molecular flexibility index (Phi) is 6.00. The van der Waals surface area contributed by atoms with Crippen molar-refractivity contribution in [3.8, 4) is 0 Å². The van der Waals surface area contributed by atoms with Crippen LogP contribution < -0.4 is 10.2 Å². The first-order valence-electron chi connectivity index (χ1n) is 11.6. The summed E-state index contributed by atoms with van der Waals surface area (Å²) in [5.74, 6) is -0.383. The number of carbonyl (C=O) groups excluding carboxylic acids is 2. The maximum Gasteiger partial charge on any atom is 0.269 e. The van der Waals surface area contributed by atoms with Crippen LogP contribution in [-0.2, 0) is 4.79 Å². The number of benzene rings is 3. The molecule has 182 valence electrons. The van der Waals surface area contributed by atoms with Gasteiger partial charge in [-0.3, -0.25) is 24.6 Å². The van der Waals surface area contributed by atoms with Gasteiger partial charge in [0.1, 0.15) is 0 Å². The minimum Gasteiger partial charge on any atom is -0.357 e. The summed E-state index contributed by atoms with van der Waals surface area (Å²) in [4.78, 5) is 40.6. The van der Waals surface area contributed by atoms with Crippen molar-refractivity contribution in [2.24, 2.45) is 5.41 Å². The van der Waals surface area contributed by atoms with Gasteiger partial charge in [-0.25, -0.2) is 0 Å². The van der Waals surface area contributed by atoms with E-state index in [0.29, 0.717) is 40.9 Å². The Bertz CT molecular complexity index is 1430. The molecule has 0 saturated carbocycles. The number of ketones is 1. The third-order valence-corrected chi connectivity index (χ3v) is 7.14. The van der Waals surface area contributed by atoms with Crippen molar-refractivity contribution in [2.75, 3.05) is 10.2 Å². The van der Waals surface area contributed by atoms with Crippen LogP contribution in [0.2, 0.25) is 0 Å². The molecule has 7 nitrogen and oxygen atoms in total. The highest BCUT2D eigenvalue weighted by Crippen LogP contribution is 2.49. The monoisotopic (exact) mass is 545 g/mol. The molecule has 1 N–H and O–H groups in total. The van der Waals surface area contributed by atoms with Crippen LogP contribution in [0.4, 0.5) is 17.1 Å². The third-order valence-electron chi connectivity index (χ3n) is 6.61. The Hall–Kier alpha value is -3.78. The number of rotatable bonds is 3. The summed E-state index contributed by atoms with van der Waals surface area (Å²) in [6.07, 6.45) is 0.920. The molecule has 5 rings (SSSR count). The van der Waals surface area contributed by atoms with E-state index >= 15 is 0 Å². The number of fused-ring (bicyclic) bond motifs is 1. The lowest BCUT2D eigenvalue weighted by molar-refractivity contribution is -0.384. The summed E-state index contributed by atoms with van der Waals surface area (Å²) in [5, 5.41) is 15.1. The van der Waals surface area contributed by atoms with Crippen molar-refractivity contribution in [1.29, 1.82) is 0 Å². The first kappa shape index (κ1) is 23.9. The highest BCUT2D eigenvalue weighted by Gasteiger charge is 2.43. The molecule has 1 heterocycles. The van der Waals surface area contributed by atoms with Gasteiger partial charge in [-0.2, -0.15) is 0 Å². The first-order valence-corrected chi connectivity index (χ1v) is 12.4. The minimum atomic E-state index is -0.837. The molecule has 1 aliphatic carbocycles. The van der Waals surface area contributed by atoms with Gasteiger partial charge in [-0.1, -0.05) is 54.0 Å². The van der Waals surface area contributed by atoms with E-state index in [2.05, 4.69) is 21.2 Å². The molecule has 0 spiro atoms. The molecule has 0 aromatic heterocycles. The van der Waals surface area contributed by atoms with Crippen LogP contribution in [0.15, 0.2) is 88.5 Å². The molecule has 3 aromatic rings. The van der Waals surface area contributed by atoms with Gasteiger partial charge >= 0.3 is 0 Å². The topological polar surface area (TPSA) is 92.6 Å². The molecule has 0 unspecified atom stereocenters. The lowest BCUT2D eigenvalue weighted by atomic mass is 9.73. The number of nitrogens with one attached hydrogen (secondary N) is 1. The number of non-ortho nitro benzene ring substituents is 1. The Labute approximate surface area is 217 Å². The summed E-state index contributed by atoms with van der Waals surface area (Å²) in [6, 6.07) is 19.8. The van der Waals surface area contributed by atoms with Crippen LogP contribution in [0.3, 0.4) is 0 Å². The highest BCUT2D eigenvalue weighted by atomic mass is 79.9. The molecule has 2 aliphatic rings. The number of nitro benzene ring substituents is 1. The van der Waals surface area contributed by atoms with Crippen molar-refractivity contribution in [1.82, 2.24) is 0 Å². The molecule has 0 bridgehead atoms. The van der Waals surface area contributed by atoms with Crippen molar-refractivity contribution >= 4 is 44.7 Å². The van der Waals surface area contributed by atoms with Crippen LogP contribution >= 0.6 is 15.9 Å². The quantitative estimate of drug-likeness (QED) is 0.288. The highest BCUT2D eigenvalue weighted by molar-refractivity contribution is 9.10. The zero-order valence-corrected chi connectivity index (χ0v) is 21.4. The Morgan fingerprint density at radius 1 is 1.06 bits per heavy atom. The third kappa shape index (κ3) is 4.33. The molecule has 0 fully saturated rings. The summed E-state index contributed by atoms with van der Waals surface area (Å²) < 4.78 is 0.835. The normalized spacial score (nSPS) is 18.6. The van der Waals surface area contributed by atoms with Gasteiger partial charge in [0.05, 0.1) is 22.3 Å². The molecule has 8 heteroatoms. The molecule has 3 aromatic carbocycles. The average molecular weight is 546 g/mol. The Morgan fingerprint density at radius 2 is 1.78 bits per heavy atom. The minimum absolute atomic E-state index is 0.0772. The predicted octanol–water partition coefficient (Wildman–Crippen LogP) is 6.81.